The van der Waals surface area contributed by atoms with Crippen LogP contribution < -0.4 is 0 Å². The molecule has 0 radical (unpaired) electrons. The summed E-state index contributed by atoms with van der Waals surface area (Å²) >= 11 is 5.96. The van der Waals surface area contributed by atoms with Crippen molar-refractivity contribution < 1.29 is 9.26 Å². The number of benzene rings is 2. The molecule has 0 spiro atoms. The molecule has 0 N–H and O–H groups in total. The summed E-state index contributed by atoms with van der Waals surface area (Å²) in [7, 11) is 0. The molecular weight excluding hydrogens is 324 g/mol. The van der Waals surface area contributed by atoms with Crippen LogP contribution in [0.25, 0.3) is 11.4 Å². The summed E-state index contributed by atoms with van der Waals surface area (Å²) in [6.45, 7) is 0.979. The van der Waals surface area contributed by atoms with Crippen molar-refractivity contribution in [3.63, 3.8) is 0 Å². The lowest BCUT2D eigenvalue weighted by Gasteiger charge is -2.15. The van der Waals surface area contributed by atoms with E-state index < -0.39 is 0 Å². The zero-order valence-corrected chi connectivity index (χ0v) is 13.9. The maximum absolute atomic E-state index is 5.96. The van der Waals surface area contributed by atoms with Gasteiger partial charge in [0.25, 0.3) is 5.89 Å². The van der Waals surface area contributed by atoms with Crippen LogP contribution in [0.5, 0.6) is 0 Å². The predicted molar refractivity (Wildman–Crippen MR) is 91.8 cm³/mol. The van der Waals surface area contributed by atoms with E-state index >= 15 is 0 Å². The van der Waals surface area contributed by atoms with Crippen molar-refractivity contribution in [2.24, 2.45) is 0 Å². The first kappa shape index (κ1) is 15.4. The van der Waals surface area contributed by atoms with E-state index in [4.69, 9.17) is 20.9 Å². The molecule has 1 heterocycles. The topological polar surface area (TPSA) is 48.2 Å². The zero-order chi connectivity index (χ0) is 16.4. The highest BCUT2D eigenvalue weighted by molar-refractivity contribution is 6.30. The van der Waals surface area contributed by atoms with E-state index in [9.17, 15) is 0 Å². The van der Waals surface area contributed by atoms with Crippen molar-refractivity contribution in [3.8, 4) is 11.4 Å². The van der Waals surface area contributed by atoms with Crippen LogP contribution in [0.3, 0.4) is 0 Å². The monoisotopic (exact) mass is 340 g/mol. The van der Waals surface area contributed by atoms with E-state index in [0.29, 0.717) is 24.9 Å². The maximum Gasteiger partial charge on any atom is 0.252 e. The second kappa shape index (κ2) is 6.38. The molecule has 122 valence electrons. The van der Waals surface area contributed by atoms with E-state index in [1.54, 1.807) is 0 Å². The van der Waals surface area contributed by atoms with Crippen LogP contribution in [0.2, 0.25) is 5.02 Å². The third-order valence-corrected chi connectivity index (χ3v) is 4.67. The summed E-state index contributed by atoms with van der Waals surface area (Å²) in [4.78, 5) is 4.38. The van der Waals surface area contributed by atoms with Gasteiger partial charge in [-0.3, -0.25) is 0 Å². The van der Waals surface area contributed by atoms with Crippen LogP contribution in [-0.2, 0) is 16.8 Å². The largest absolute Gasteiger partial charge is 0.371 e. The Labute approximate surface area is 145 Å². The molecular formula is C19H17ClN2O2. The molecule has 0 unspecified atom stereocenters. The van der Waals surface area contributed by atoms with Crippen molar-refractivity contribution in [3.05, 3.63) is 71.1 Å². The number of halogens is 1. The first-order chi connectivity index (χ1) is 11.8. The Balaban J connectivity index is 1.36. The number of hydrogen-bond donors (Lipinski definition) is 0. The minimum Gasteiger partial charge on any atom is -0.371 e. The van der Waals surface area contributed by atoms with E-state index in [2.05, 4.69) is 22.3 Å². The molecule has 4 nitrogen and oxygen atoms in total. The Morgan fingerprint density at radius 3 is 2.50 bits per heavy atom. The summed E-state index contributed by atoms with van der Waals surface area (Å²) in [6, 6.07) is 17.8. The highest BCUT2D eigenvalue weighted by atomic mass is 35.5. The maximum atomic E-state index is 5.96. The number of rotatable bonds is 6. The van der Waals surface area contributed by atoms with E-state index in [0.717, 1.165) is 23.4 Å². The average Bonchev–Trinajstić information content (AvgIpc) is 3.25. The molecule has 0 atom stereocenters. The van der Waals surface area contributed by atoms with Gasteiger partial charge in [0.2, 0.25) is 5.82 Å². The van der Waals surface area contributed by atoms with Crippen molar-refractivity contribution in [2.45, 2.75) is 24.9 Å². The van der Waals surface area contributed by atoms with Gasteiger partial charge in [-0.25, -0.2) is 0 Å². The van der Waals surface area contributed by atoms with Crippen LogP contribution >= 0.6 is 11.6 Å². The fourth-order valence-electron chi connectivity index (χ4n) is 2.82. The van der Waals surface area contributed by atoms with Gasteiger partial charge >= 0.3 is 0 Å². The Hall–Kier alpha value is -2.17. The normalized spacial score (nSPS) is 15.4. The van der Waals surface area contributed by atoms with Crippen LogP contribution in [0.15, 0.2) is 59.1 Å². The van der Waals surface area contributed by atoms with Crippen LogP contribution in [0.1, 0.15) is 24.3 Å². The van der Waals surface area contributed by atoms with Gasteiger partial charge in [0.15, 0.2) is 0 Å². The first-order valence-corrected chi connectivity index (χ1v) is 8.35. The molecule has 4 rings (SSSR count). The molecule has 2 aromatic carbocycles. The molecule has 24 heavy (non-hydrogen) atoms. The molecule has 1 saturated carbocycles. The molecule has 3 aromatic rings. The van der Waals surface area contributed by atoms with Gasteiger partial charge in [0, 0.05) is 16.0 Å². The van der Waals surface area contributed by atoms with Crippen molar-refractivity contribution >= 4 is 11.6 Å². The number of nitrogens with zero attached hydrogens (tertiary/aromatic N) is 2. The molecule has 1 aliphatic rings. The molecule has 0 aliphatic heterocycles. The molecule has 1 fully saturated rings. The Bertz CT molecular complexity index is 811. The summed E-state index contributed by atoms with van der Waals surface area (Å²) in [6.07, 6.45) is 2.27. The van der Waals surface area contributed by atoms with Crippen molar-refractivity contribution in [1.29, 1.82) is 0 Å². The predicted octanol–water partition coefficient (Wildman–Crippen LogP) is 4.64. The Morgan fingerprint density at radius 1 is 1.04 bits per heavy atom. The lowest BCUT2D eigenvalue weighted by atomic mass is 9.97. The quantitative estimate of drug-likeness (QED) is 0.656. The van der Waals surface area contributed by atoms with Crippen molar-refractivity contribution in [1.82, 2.24) is 10.1 Å². The van der Waals surface area contributed by atoms with Gasteiger partial charge in [0.1, 0.15) is 6.61 Å². The summed E-state index contributed by atoms with van der Waals surface area (Å²) in [5.41, 5.74) is 2.34. The van der Waals surface area contributed by atoms with Crippen LogP contribution in [0, 0.1) is 0 Å². The van der Waals surface area contributed by atoms with Gasteiger partial charge in [-0.1, -0.05) is 59.2 Å². The van der Waals surface area contributed by atoms with Gasteiger partial charge < -0.3 is 9.26 Å². The van der Waals surface area contributed by atoms with E-state index in [1.807, 2.05) is 42.5 Å². The third kappa shape index (κ3) is 3.21. The van der Waals surface area contributed by atoms with Crippen molar-refractivity contribution in [2.75, 3.05) is 6.61 Å². The Kier molecular flexibility index (Phi) is 4.08. The van der Waals surface area contributed by atoms with E-state index in [1.165, 1.54) is 5.56 Å². The number of aromatic nitrogens is 2. The van der Waals surface area contributed by atoms with Crippen LogP contribution in [0.4, 0.5) is 0 Å². The average molecular weight is 341 g/mol. The van der Waals surface area contributed by atoms with Gasteiger partial charge in [-0.15, -0.1) is 0 Å². The fourth-order valence-corrected chi connectivity index (χ4v) is 2.95. The molecule has 0 bridgehead atoms. The Morgan fingerprint density at radius 2 is 1.79 bits per heavy atom. The minimum absolute atomic E-state index is 0.118. The minimum atomic E-state index is 0.118. The smallest absolute Gasteiger partial charge is 0.252 e. The standard InChI is InChI=1S/C19H17ClN2O2/c20-16-8-6-15(7-9-16)19(10-11-19)13-23-12-17-21-18(22-24-17)14-4-2-1-3-5-14/h1-9H,10-13H2. The van der Waals surface area contributed by atoms with Crippen LogP contribution in [-0.4, -0.2) is 16.7 Å². The highest BCUT2D eigenvalue weighted by Gasteiger charge is 2.44. The highest BCUT2D eigenvalue weighted by Crippen LogP contribution is 2.48. The number of hydrogen-bond acceptors (Lipinski definition) is 4. The number of ether oxygens (including phenoxy) is 1. The SMILES string of the molecule is Clc1ccc(C2(COCc3nc(-c4ccccc4)no3)CC2)cc1. The second-order valence-electron chi connectivity index (χ2n) is 6.16. The molecule has 1 aliphatic carbocycles. The summed E-state index contributed by atoms with van der Waals surface area (Å²) in [5.74, 6) is 1.09. The molecule has 5 heteroatoms. The van der Waals surface area contributed by atoms with Gasteiger partial charge in [0.05, 0.1) is 6.61 Å². The lowest BCUT2D eigenvalue weighted by molar-refractivity contribution is 0.0803. The second-order valence-corrected chi connectivity index (χ2v) is 6.59. The van der Waals surface area contributed by atoms with Gasteiger partial charge in [-0.05, 0) is 30.5 Å². The third-order valence-electron chi connectivity index (χ3n) is 4.41. The summed E-state index contributed by atoms with van der Waals surface area (Å²) in [5, 5.41) is 4.76. The summed E-state index contributed by atoms with van der Waals surface area (Å²) < 4.78 is 11.1. The molecule has 1 aromatic heterocycles. The lowest BCUT2D eigenvalue weighted by Crippen LogP contribution is -2.15. The molecule has 0 amide bonds. The van der Waals surface area contributed by atoms with E-state index in [-0.39, 0.29) is 5.41 Å². The van der Waals surface area contributed by atoms with Gasteiger partial charge in [-0.2, -0.15) is 4.98 Å². The molecule has 0 saturated heterocycles. The first-order valence-electron chi connectivity index (χ1n) is 7.97. The fraction of sp³-hybridized carbons (Fsp3) is 0.263. The zero-order valence-electron chi connectivity index (χ0n) is 13.1.